The zero-order chi connectivity index (χ0) is 17.2. The monoisotopic (exact) mass is 345 g/mol. The molecule has 0 unspecified atom stereocenters. The summed E-state index contributed by atoms with van der Waals surface area (Å²) in [4.78, 5) is 11.8. The third-order valence-electron chi connectivity index (χ3n) is 3.49. The summed E-state index contributed by atoms with van der Waals surface area (Å²) in [6.45, 7) is 3.01. The highest BCUT2D eigenvalue weighted by Crippen LogP contribution is 2.18. The Hall–Kier alpha value is -2.14. The van der Waals surface area contributed by atoms with E-state index in [-0.39, 0.29) is 5.91 Å². The average Bonchev–Trinajstić information content (AvgIpc) is 2.60. The van der Waals surface area contributed by atoms with Crippen molar-refractivity contribution in [3.8, 4) is 11.5 Å². The molecule has 128 valence electrons. The summed E-state index contributed by atoms with van der Waals surface area (Å²) in [6, 6.07) is 15.7. The fourth-order valence-electron chi connectivity index (χ4n) is 2.13. The molecular formula is C19H23NO3S. The second-order valence-corrected chi connectivity index (χ2v) is 6.28. The van der Waals surface area contributed by atoms with Gasteiger partial charge in [0.2, 0.25) is 5.91 Å². The number of benzene rings is 2. The minimum absolute atomic E-state index is 0.0304. The fourth-order valence-corrected chi connectivity index (χ4v) is 3.06. The van der Waals surface area contributed by atoms with E-state index in [2.05, 4.69) is 24.4 Å². The molecule has 0 heterocycles. The molecule has 2 aromatic rings. The number of carbonyl (C=O) groups excluding carboxylic acids is 1. The molecule has 5 heteroatoms. The van der Waals surface area contributed by atoms with E-state index in [1.807, 2.05) is 36.4 Å². The first kappa shape index (κ1) is 18.2. The molecule has 24 heavy (non-hydrogen) atoms. The van der Waals surface area contributed by atoms with Crippen LogP contribution in [0, 0.1) is 6.92 Å². The maximum absolute atomic E-state index is 11.8. The summed E-state index contributed by atoms with van der Waals surface area (Å²) in [5, 5.41) is 2.87. The number of aryl methyl sites for hydroxylation is 1. The van der Waals surface area contributed by atoms with Crippen molar-refractivity contribution in [1.82, 2.24) is 5.32 Å². The molecule has 0 fully saturated rings. The third kappa shape index (κ3) is 6.16. The van der Waals surface area contributed by atoms with Crippen molar-refractivity contribution < 1.29 is 14.3 Å². The van der Waals surface area contributed by atoms with Gasteiger partial charge >= 0.3 is 0 Å². The van der Waals surface area contributed by atoms with Gasteiger partial charge in [0.1, 0.15) is 18.1 Å². The van der Waals surface area contributed by atoms with E-state index in [1.54, 1.807) is 18.9 Å². The van der Waals surface area contributed by atoms with E-state index in [1.165, 1.54) is 11.1 Å². The van der Waals surface area contributed by atoms with Gasteiger partial charge in [-0.1, -0.05) is 30.3 Å². The Morgan fingerprint density at radius 2 is 1.92 bits per heavy atom. The van der Waals surface area contributed by atoms with Crippen LogP contribution in [-0.2, 0) is 10.5 Å². The molecular weight excluding hydrogens is 322 g/mol. The van der Waals surface area contributed by atoms with Crippen LogP contribution in [0.3, 0.4) is 0 Å². The van der Waals surface area contributed by atoms with Crippen LogP contribution in [0.5, 0.6) is 11.5 Å². The van der Waals surface area contributed by atoms with Crippen LogP contribution in [-0.4, -0.2) is 31.9 Å². The number of methoxy groups -OCH3 is 1. The second kappa shape index (κ2) is 9.88. The molecule has 0 spiro atoms. The molecule has 1 amide bonds. The zero-order valence-electron chi connectivity index (χ0n) is 14.1. The van der Waals surface area contributed by atoms with Crippen LogP contribution >= 0.6 is 11.8 Å². The van der Waals surface area contributed by atoms with E-state index in [0.717, 1.165) is 17.3 Å². The van der Waals surface area contributed by atoms with Crippen LogP contribution < -0.4 is 14.8 Å². The minimum atomic E-state index is 0.0304. The third-order valence-corrected chi connectivity index (χ3v) is 4.47. The number of amides is 1. The molecule has 0 saturated heterocycles. The van der Waals surface area contributed by atoms with Crippen molar-refractivity contribution in [2.75, 3.05) is 26.0 Å². The first-order valence-electron chi connectivity index (χ1n) is 7.85. The molecule has 1 N–H and O–H groups in total. The molecule has 0 aromatic heterocycles. The predicted molar refractivity (Wildman–Crippen MR) is 98.8 cm³/mol. The minimum Gasteiger partial charge on any atom is -0.497 e. The lowest BCUT2D eigenvalue weighted by molar-refractivity contribution is -0.118. The van der Waals surface area contributed by atoms with Crippen molar-refractivity contribution in [1.29, 1.82) is 0 Å². The molecule has 2 rings (SSSR count). The van der Waals surface area contributed by atoms with Gasteiger partial charge in [0.05, 0.1) is 19.4 Å². The summed E-state index contributed by atoms with van der Waals surface area (Å²) in [5.41, 5.74) is 2.54. The summed E-state index contributed by atoms with van der Waals surface area (Å²) in [7, 11) is 1.62. The van der Waals surface area contributed by atoms with Gasteiger partial charge in [-0.3, -0.25) is 4.79 Å². The quantitative estimate of drug-likeness (QED) is 0.707. The van der Waals surface area contributed by atoms with Crippen LogP contribution in [0.25, 0.3) is 0 Å². The molecule has 2 aromatic carbocycles. The first-order valence-corrected chi connectivity index (χ1v) is 9.00. The van der Waals surface area contributed by atoms with E-state index >= 15 is 0 Å². The normalized spacial score (nSPS) is 10.2. The summed E-state index contributed by atoms with van der Waals surface area (Å²) >= 11 is 1.62. The van der Waals surface area contributed by atoms with Crippen LogP contribution in [0.4, 0.5) is 0 Å². The molecule has 0 aliphatic heterocycles. The van der Waals surface area contributed by atoms with E-state index < -0.39 is 0 Å². The number of rotatable bonds is 9. The zero-order valence-corrected chi connectivity index (χ0v) is 14.9. The Balaban J connectivity index is 1.60. The molecule has 0 saturated carbocycles. The van der Waals surface area contributed by atoms with Crippen LogP contribution in [0.1, 0.15) is 11.1 Å². The number of nitrogens with one attached hydrogen (secondary N) is 1. The average molecular weight is 345 g/mol. The summed E-state index contributed by atoms with van der Waals surface area (Å²) in [6.07, 6.45) is 0. The molecule has 4 nitrogen and oxygen atoms in total. The Labute approximate surface area is 147 Å². The number of carbonyl (C=O) groups is 1. The van der Waals surface area contributed by atoms with Crippen molar-refractivity contribution in [2.45, 2.75) is 12.7 Å². The SMILES string of the molecule is COc1cccc(OCCNC(=O)CSCc2ccccc2C)c1. The lowest BCUT2D eigenvalue weighted by Gasteiger charge is -2.09. The Morgan fingerprint density at radius 3 is 2.71 bits per heavy atom. The summed E-state index contributed by atoms with van der Waals surface area (Å²) in [5.74, 6) is 2.82. The Bertz CT molecular complexity index is 661. The second-order valence-electron chi connectivity index (χ2n) is 5.30. The standard InChI is InChI=1S/C19H23NO3S/c1-15-6-3-4-7-16(15)13-24-14-19(21)20-10-11-23-18-9-5-8-17(12-18)22-2/h3-9,12H,10-11,13-14H2,1-2H3,(H,20,21). The van der Waals surface area contributed by atoms with Crippen molar-refractivity contribution in [3.05, 3.63) is 59.7 Å². The fraction of sp³-hybridized carbons (Fsp3) is 0.316. The summed E-state index contributed by atoms with van der Waals surface area (Å²) < 4.78 is 10.7. The van der Waals surface area contributed by atoms with Gasteiger partial charge in [0.25, 0.3) is 0 Å². The lowest BCUT2D eigenvalue weighted by atomic mass is 10.1. The van der Waals surface area contributed by atoms with Gasteiger partial charge in [-0.15, -0.1) is 11.8 Å². The van der Waals surface area contributed by atoms with Gasteiger partial charge in [0.15, 0.2) is 0 Å². The van der Waals surface area contributed by atoms with E-state index in [0.29, 0.717) is 18.9 Å². The van der Waals surface area contributed by atoms with Gasteiger partial charge in [0, 0.05) is 11.8 Å². The smallest absolute Gasteiger partial charge is 0.230 e. The van der Waals surface area contributed by atoms with Gasteiger partial charge < -0.3 is 14.8 Å². The highest BCUT2D eigenvalue weighted by Gasteiger charge is 2.03. The maximum atomic E-state index is 11.8. The predicted octanol–water partition coefficient (Wildman–Crippen LogP) is 3.43. The topological polar surface area (TPSA) is 47.6 Å². The van der Waals surface area contributed by atoms with Gasteiger partial charge in [-0.25, -0.2) is 0 Å². The van der Waals surface area contributed by atoms with Crippen molar-refractivity contribution >= 4 is 17.7 Å². The number of ether oxygens (including phenoxy) is 2. The van der Waals surface area contributed by atoms with Gasteiger partial charge in [-0.05, 0) is 30.2 Å². The Kier molecular flexibility index (Phi) is 7.49. The van der Waals surface area contributed by atoms with Crippen molar-refractivity contribution in [2.24, 2.45) is 0 Å². The van der Waals surface area contributed by atoms with Crippen LogP contribution in [0.2, 0.25) is 0 Å². The van der Waals surface area contributed by atoms with E-state index in [9.17, 15) is 4.79 Å². The lowest BCUT2D eigenvalue weighted by Crippen LogP contribution is -2.29. The highest BCUT2D eigenvalue weighted by molar-refractivity contribution is 7.99. The first-order chi connectivity index (χ1) is 11.7. The molecule has 0 atom stereocenters. The number of thioether (sulfide) groups is 1. The molecule has 0 aliphatic carbocycles. The molecule has 0 bridgehead atoms. The highest BCUT2D eigenvalue weighted by atomic mass is 32.2. The van der Waals surface area contributed by atoms with Crippen LogP contribution in [0.15, 0.2) is 48.5 Å². The number of hydrogen-bond acceptors (Lipinski definition) is 4. The molecule has 0 aliphatic rings. The molecule has 0 radical (unpaired) electrons. The largest absolute Gasteiger partial charge is 0.497 e. The number of hydrogen-bond donors (Lipinski definition) is 1. The van der Waals surface area contributed by atoms with E-state index in [4.69, 9.17) is 9.47 Å². The maximum Gasteiger partial charge on any atom is 0.230 e. The van der Waals surface area contributed by atoms with Crippen molar-refractivity contribution in [3.63, 3.8) is 0 Å². The van der Waals surface area contributed by atoms with Gasteiger partial charge in [-0.2, -0.15) is 0 Å². The Morgan fingerprint density at radius 1 is 1.12 bits per heavy atom.